The fourth-order valence-electron chi connectivity index (χ4n) is 2.36. The zero-order chi connectivity index (χ0) is 19.6. The molecule has 0 aliphatic carbocycles. The van der Waals surface area contributed by atoms with E-state index in [1.54, 1.807) is 24.4 Å². The van der Waals surface area contributed by atoms with Crippen molar-refractivity contribution in [2.24, 2.45) is 0 Å². The van der Waals surface area contributed by atoms with Crippen LogP contribution >= 0.6 is 22.9 Å². The molecule has 3 rings (SSSR count). The third kappa shape index (κ3) is 4.55. The Morgan fingerprint density at radius 2 is 1.89 bits per heavy atom. The Morgan fingerprint density at radius 3 is 2.52 bits per heavy atom. The second-order valence-corrected chi connectivity index (χ2v) is 8.58. The van der Waals surface area contributed by atoms with Gasteiger partial charge < -0.3 is 5.32 Å². The molecule has 0 aliphatic rings. The molecule has 1 atom stereocenters. The van der Waals surface area contributed by atoms with E-state index < -0.39 is 20.7 Å². The van der Waals surface area contributed by atoms with Crippen LogP contribution in [0.1, 0.15) is 18.5 Å². The second kappa shape index (κ2) is 7.79. The number of rotatable bonds is 6. The van der Waals surface area contributed by atoms with Crippen molar-refractivity contribution in [1.29, 1.82) is 0 Å². The molecule has 0 fully saturated rings. The van der Waals surface area contributed by atoms with Gasteiger partial charge in [0.2, 0.25) is 0 Å². The molecule has 10 heteroatoms. The summed E-state index contributed by atoms with van der Waals surface area (Å²) in [5, 5.41) is 4.73. The molecule has 0 bridgehead atoms. The van der Waals surface area contributed by atoms with E-state index in [9.17, 15) is 17.2 Å². The largest absolute Gasteiger partial charge is 0.377 e. The maximum atomic E-state index is 14.5. The highest BCUT2D eigenvalue weighted by Gasteiger charge is 2.23. The highest BCUT2D eigenvalue weighted by molar-refractivity contribution is 7.93. The van der Waals surface area contributed by atoms with Crippen molar-refractivity contribution in [2.75, 3.05) is 10.0 Å². The second-order valence-electron chi connectivity index (χ2n) is 5.62. The first-order valence-electron chi connectivity index (χ1n) is 7.69. The Hall–Kier alpha value is -2.23. The van der Waals surface area contributed by atoms with Gasteiger partial charge in [-0.3, -0.25) is 4.72 Å². The summed E-state index contributed by atoms with van der Waals surface area (Å²) in [4.78, 5) is 3.23. The first-order chi connectivity index (χ1) is 12.8. The third-order valence-corrected chi connectivity index (χ3v) is 6.19. The minimum absolute atomic E-state index is 0.0323. The lowest BCUT2D eigenvalue weighted by atomic mass is 10.1. The first kappa shape index (κ1) is 19.5. The van der Waals surface area contributed by atoms with Gasteiger partial charge in [-0.25, -0.2) is 22.2 Å². The molecule has 1 aromatic heterocycles. The number of hydrogen-bond acceptors (Lipinski definition) is 5. The van der Waals surface area contributed by atoms with Crippen molar-refractivity contribution in [2.45, 2.75) is 17.9 Å². The summed E-state index contributed by atoms with van der Waals surface area (Å²) in [5.41, 5.74) is 0.981. The summed E-state index contributed by atoms with van der Waals surface area (Å²) in [6.07, 6.45) is 1.43. The van der Waals surface area contributed by atoms with Crippen LogP contribution in [-0.4, -0.2) is 13.4 Å². The lowest BCUT2D eigenvalue weighted by Crippen LogP contribution is -2.15. The van der Waals surface area contributed by atoms with Crippen molar-refractivity contribution >= 4 is 43.8 Å². The van der Waals surface area contributed by atoms with E-state index in [0.29, 0.717) is 0 Å². The van der Waals surface area contributed by atoms with Crippen LogP contribution in [0.5, 0.6) is 0 Å². The van der Waals surface area contributed by atoms with E-state index in [2.05, 4.69) is 15.0 Å². The number of halogens is 3. The number of hydrogen-bond donors (Lipinski definition) is 2. The molecule has 27 heavy (non-hydrogen) atoms. The number of nitrogens with one attached hydrogen (secondary N) is 2. The maximum Gasteiger partial charge on any atom is 0.266 e. The summed E-state index contributed by atoms with van der Waals surface area (Å²) in [5.74, 6) is -1.32. The van der Waals surface area contributed by atoms with Crippen LogP contribution in [0.25, 0.3) is 0 Å². The zero-order valence-electron chi connectivity index (χ0n) is 13.9. The topological polar surface area (TPSA) is 71.1 Å². The van der Waals surface area contributed by atoms with Crippen molar-refractivity contribution < 1.29 is 17.2 Å². The average Bonchev–Trinajstić information content (AvgIpc) is 3.10. The Labute approximate surface area is 164 Å². The Bertz CT molecular complexity index is 1040. The van der Waals surface area contributed by atoms with Crippen LogP contribution in [-0.2, 0) is 10.0 Å². The molecule has 1 unspecified atom stereocenters. The predicted molar refractivity (Wildman–Crippen MR) is 103 cm³/mol. The number of sulfonamides is 1. The Balaban J connectivity index is 1.85. The summed E-state index contributed by atoms with van der Waals surface area (Å²) >= 11 is 7.22. The van der Waals surface area contributed by atoms with Gasteiger partial charge in [0.25, 0.3) is 10.0 Å². The molecule has 0 radical (unpaired) electrons. The van der Waals surface area contributed by atoms with E-state index in [1.807, 2.05) is 0 Å². The van der Waals surface area contributed by atoms with E-state index in [4.69, 9.17) is 11.6 Å². The lowest BCUT2D eigenvalue weighted by molar-refractivity contribution is 0.570. The molecule has 0 saturated carbocycles. The molecule has 1 heterocycles. The number of anilines is 2. The van der Waals surface area contributed by atoms with Crippen molar-refractivity contribution in [3.63, 3.8) is 0 Å². The molecule has 2 N–H and O–H groups in total. The fourth-order valence-corrected chi connectivity index (χ4v) is 4.51. The van der Waals surface area contributed by atoms with Crippen molar-refractivity contribution in [3.05, 3.63) is 70.2 Å². The van der Waals surface area contributed by atoms with Crippen LogP contribution in [0, 0.1) is 11.6 Å². The molecular weight excluding hydrogens is 416 g/mol. The van der Waals surface area contributed by atoms with E-state index in [1.165, 1.54) is 18.3 Å². The average molecular weight is 430 g/mol. The highest BCUT2D eigenvalue weighted by Crippen LogP contribution is 2.31. The van der Waals surface area contributed by atoms with Gasteiger partial charge in [0, 0.05) is 17.6 Å². The van der Waals surface area contributed by atoms with Crippen LogP contribution in [0.4, 0.5) is 19.6 Å². The fraction of sp³-hybridized carbons (Fsp3) is 0.118. The van der Waals surface area contributed by atoms with Crippen LogP contribution in [0.3, 0.4) is 0 Å². The Kier molecular flexibility index (Phi) is 5.64. The predicted octanol–water partition coefficient (Wildman–Crippen LogP) is 5.05. The molecule has 0 spiro atoms. The van der Waals surface area contributed by atoms with Crippen molar-refractivity contribution in [3.8, 4) is 0 Å². The summed E-state index contributed by atoms with van der Waals surface area (Å²) in [7, 11) is -4.17. The zero-order valence-corrected chi connectivity index (χ0v) is 16.3. The van der Waals surface area contributed by atoms with Gasteiger partial charge in [-0.05, 0) is 36.8 Å². The minimum Gasteiger partial charge on any atom is -0.377 e. The standard InChI is InChI=1S/C17H14ClF2N3O2S2/c1-10(11-2-4-12(19)5-3-11)22-15-9-14(20)16(8-13(15)18)27(24,25)23-17-21-6-7-26-17/h2-10,22H,1H3,(H,21,23). The SMILES string of the molecule is CC(Nc1cc(F)c(S(=O)(=O)Nc2nccs2)cc1Cl)c1ccc(F)cc1. The molecule has 142 valence electrons. The number of benzene rings is 2. The summed E-state index contributed by atoms with van der Waals surface area (Å²) in [6.45, 7) is 1.79. The van der Waals surface area contributed by atoms with E-state index >= 15 is 0 Å². The van der Waals surface area contributed by atoms with Gasteiger partial charge >= 0.3 is 0 Å². The number of aromatic nitrogens is 1. The minimum atomic E-state index is -4.17. The Morgan fingerprint density at radius 1 is 1.19 bits per heavy atom. The maximum absolute atomic E-state index is 14.5. The molecule has 0 saturated heterocycles. The van der Waals surface area contributed by atoms with Crippen LogP contribution < -0.4 is 10.0 Å². The molecule has 3 aromatic rings. The normalized spacial score (nSPS) is 12.6. The number of nitrogens with zero attached hydrogens (tertiary/aromatic N) is 1. The van der Waals surface area contributed by atoms with Crippen LogP contribution in [0.15, 0.2) is 52.9 Å². The van der Waals surface area contributed by atoms with Gasteiger partial charge in [-0.15, -0.1) is 11.3 Å². The molecular formula is C17H14ClF2N3O2S2. The molecule has 5 nitrogen and oxygen atoms in total. The van der Waals surface area contributed by atoms with Gasteiger partial charge in [0.05, 0.1) is 10.7 Å². The van der Waals surface area contributed by atoms with Gasteiger partial charge in [0.1, 0.15) is 16.5 Å². The molecule has 2 aromatic carbocycles. The lowest BCUT2D eigenvalue weighted by Gasteiger charge is -2.18. The van der Waals surface area contributed by atoms with Crippen molar-refractivity contribution in [1.82, 2.24) is 4.98 Å². The van der Waals surface area contributed by atoms with Gasteiger partial charge in [-0.2, -0.15) is 0 Å². The number of thiazole rings is 1. The quantitative estimate of drug-likeness (QED) is 0.575. The highest BCUT2D eigenvalue weighted by atomic mass is 35.5. The smallest absolute Gasteiger partial charge is 0.266 e. The molecule has 0 aliphatic heterocycles. The summed E-state index contributed by atoms with van der Waals surface area (Å²) in [6, 6.07) is 7.55. The van der Waals surface area contributed by atoms with E-state index in [0.717, 1.165) is 29.0 Å². The monoisotopic (exact) mass is 429 g/mol. The van der Waals surface area contributed by atoms with Gasteiger partial charge in [-0.1, -0.05) is 23.7 Å². The van der Waals surface area contributed by atoms with E-state index in [-0.39, 0.29) is 27.7 Å². The first-order valence-corrected chi connectivity index (χ1v) is 10.4. The molecule has 0 amide bonds. The van der Waals surface area contributed by atoms with Crippen LogP contribution in [0.2, 0.25) is 5.02 Å². The third-order valence-electron chi connectivity index (χ3n) is 3.71. The summed E-state index contributed by atoms with van der Waals surface area (Å²) < 4.78 is 54.4. The van der Waals surface area contributed by atoms with Gasteiger partial charge in [0.15, 0.2) is 5.13 Å².